The molecule has 1 aliphatic carbocycles. The van der Waals surface area contributed by atoms with E-state index < -0.39 is 0 Å². The van der Waals surface area contributed by atoms with Crippen LogP contribution in [0.15, 0.2) is 0 Å². The molecule has 0 aromatic carbocycles. The number of aromatic nitrogens is 1. The summed E-state index contributed by atoms with van der Waals surface area (Å²) in [6.45, 7) is 4.22. The Morgan fingerprint density at radius 1 is 1.65 bits per heavy atom. The van der Waals surface area contributed by atoms with Crippen molar-refractivity contribution < 1.29 is 14.3 Å². The van der Waals surface area contributed by atoms with Crippen molar-refractivity contribution in [3.63, 3.8) is 0 Å². The zero-order valence-corrected chi connectivity index (χ0v) is 11.2. The average molecular weight is 255 g/mol. The minimum Gasteiger partial charge on any atom is -0.465 e. The lowest BCUT2D eigenvalue weighted by atomic mass is 10.1. The highest BCUT2D eigenvalue weighted by atomic mass is 32.1. The lowest BCUT2D eigenvalue weighted by molar-refractivity contribution is -0.145. The molecule has 0 fully saturated rings. The van der Waals surface area contributed by atoms with Gasteiger partial charge in [0, 0.05) is 12.0 Å². The second-order valence-corrected chi connectivity index (χ2v) is 5.20. The fraction of sp³-hybridized carbons (Fsp3) is 0.667. The minimum absolute atomic E-state index is 0.00607. The molecule has 94 valence electrons. The standard InChI is InChI=1S/C12H17NO3S/c1-4-16-12(14)8-5-6-9-10(8)13-11(17-9)7(2)15-3/h7-8H,4-6H2,1-3H3. The molecule has 2 unspecified atom stereocenters. The van der Waals surface area contributed by atoms with Crippen LogP contribution in [0.4, 0.5) is 0 Å². The molecule has 0 amide bonds. The van der Waals surface area contributed by atoms with E-state index in [1.54, 1.807) is 18.4 Å². The lowest BCUT2D eigenvalue weighted by Crippen LogP contribution is -2.14. The number of thiazole rings is 1. The van der Waals surface area contributed by atoms with Crippen LogP contribution in [0.3, 0.4) is 0 Å². The van der Waals surface area contributed by atoms with Gasteiger partial charge in [-0.1, -0.05) is 0 Å². The van der Waals surface area contributed by atoms with Crippen LogP contribution >= 0.6 is 11.3 Å². The number of aryl methyl sites for hydroxylation is 1. The van der Waals surface area contributed by atoms with E-state index in [-0.39, 0.29) is 18.0 Å². The Morgan fingerprint density at radius 3 is 3.06 bits per heavy atom. The molecule has 0 bridgehead atoms. The molecular weight excluding hydrogens is 238 g/mol. The van der Waals surface area contributed by atoms with Gasteiger partial charge in [0.1, 0.15) is 17.0 Å². The van der Waals surface area contributed by atoms with E-state index in [1.807, 2.05) is 13.8 Å². The molecule has 4 nitrogen and oxygen atoms in total. The smallest absolute Gasteiger partial charge is 0.315 e. The number of ether oxygens (including phenoxy) is 2. The number of carbonyl (C=O) groups is 1. The minimum atomic E-state index is -0.168. The first kappa shape index (κ1) is 12.5. The first-order valence-electron chi connectivity index (χ1n) is 5.86. The van der Waals surface area contributed by atoms with E-state index in [2.05, 4.69) is 4.98 Å². The fourth-order valence-electron chi connectivity index (χ4n) is 1.99. The maximum absolute atomic E-state index is 11.8. The van der Waals surface area contributed by atoms with Gasteiger partial charge in [-0.2, -0.15) is 0 Å². The SMILES string of the molecule is CCOC(=O)C1CCc2sc(C(C)OC)nc21. The second-order valence-electron chi connectivity index (χ2n) is 4.08. The van der Waals surface area contributed by atoms with Crippen molar-refractivity contribution in [2.45, 2.75) is 38.7 Å². The van der Waals surface area contributed by atoms with Crippen molar-refractivity contribution in [2.24, 2.45) is 0 Å². The van der Waals surface area contributed by atoms with Crippen LogP contribution in [0, 0.1) is 0 Å². The summed E-state index contributed by atoms with van der Waals surface area (Å²) in [7, 11) is 1.67. The van der Waals surface area contributed by atoms with Crippen LogP contribution in [0.5, 0.6) is 0 Å². The van der Waals surface area contributed by atoms with Gasteiger partial charge in [0.05, 0.1) is 12.3 Å². The number of carbonyl (C=O) groups excluding carboxylic acids is 1. The number of hydrogen-bond donors (Lipinski definition) is 0. The third-order valence-electron chi connectivity index (χ3n) is 3.01. The number of hydrogen-bond acceptors (Lipinski definition) is 5. The molecule has 5 heteroatoms. The Morgan fingerprint density at radius 2 is 2.41 bits per heavy atom. The first-order valence-corrected chi connectivity index (χ1v) is 6.68. The lowest BCUT2D eigenvalue weighted by Gasteiger charge is -2.08. The third kappa shape index (κ3) is 2.35. The fourth-order valence-corrected chi connectivity index (χ4v) is 3.16. The van der Waals surface area contributed by atoms with E-state index in [0.29, 0.717) is 6.61 Å². The highest BCUT2D eigenvalue weighted by Crippen LogP contribution is 2.39. The highest BCUT2D eigenvalue weighted by molar-refractivity contribution is 7.11. The van der Waals surface area contributed by atoms with Gasteiger partial charge < -0.3 is 9.47 Å². The summed E-state index contributed by atoms with van der Waals surface area (Å²) in [6.07, 6.45) is 1.75. The normalized spacial score (nSPS) is 20.1. The van der Waals surface area contributed by atoms with Gasteiger partial charge in [0.25, 0.3) is 0 Å². The van der Waals surface area contributed by atoms with Crippen molar-refractivity contribution in [3.05, 3.63) is 15.6 Å². The van der Waals surface area contributed by atoms with Crippen LogP contribution in [-0.4, -0.2) is 24.7 Å². The second kappa shape index (κ2) is 5.14. The van der Waals surface area contributed by atoms with Crippen molar-refractivity contribution in [1.29, 1.82) is 0 Å². The Balaban J connectivity index is 2.19. The number of methoxy groups -OCH3 is 1. The highest BCUT2D eigenvalue weighted by Gasteiger charge is 2.34. The zero-order valence-electron chi connectivity index (χ0n) is 10.4. The molecule has 0 radical (unpaired) electrons. The van der Waals surface area contributed by atoms with Gasteiger partial charge in [0.15, 0.2) is 0 Å². The van der Waals surface area contributed by atoms with Crippen LogP contribution in [0.25, 0.3) is 0 Å². The van der Waals surface area contributed by atoms with Crippen LogP contribution in [0.2, 0.25) is 0 Å². The van der Waals surface area contributed by atoms with Crippen molar-refractivity contribution in [3.8, 4) is 0 Å². The number of fused-ring (bicyclic) bond motifs is 1. The molecule has 1 aromatic heterocycles. The summed E-state index contributed by atoms with van der Waals surface area (Å²) < 4.78 is 10.3. The van der Waals surface area contributed by atoms with Crippen molar-refractivity contribution in [2.75, 3.05) is 13.7 Å². The molecule has 0 saturated heterocycles. The molecule has 2 rings (SSSR count). The third-order valence-corrected chi connectivity index (χ3v) is 4.30. The van der Waals surface area contributed by atoms with Crippen molar-refractivity contribution >= 4 is 17.3 Å². The zero-order chi connectivity index (χ0) is 12.4. The van der Waals surface area contributed by atoms with Gasteiger partial charge in [-0.3, -0.25) is 4.79 Å². The van der Waals surface area contributed by atoms with Crippen LogP contribution in [-0.2, 0) is 20.7 Å². The Labute approximate surface area is 105 Å². The van der Waals surface area contributed by atoms with E-state index in [9.17, 15) is 4.79 Å². The molecule has 1 aromatic rings. The van der Waals surface area contributed by atoms with E-state index in [4.69, 9.17) is 9.47 Å². The van der Waals surface area contributed by atoms with Gasteiger partial charge in [-0.15, -0.1) is 11.3 Å². The molecular formula is C12H17NO3S. The predicted molar refractivity (Wildman–Crippen MR) is 65.2 cm³/mol. The van der Waals surface area contributed by atoms with Gasteiger partial charge in [0.2, 0.25) is 0 Å². The summed E-state index contributed by atoms with van der Waals surface area (Å²) in [6, 6.07) is 0. The van der Waals surface area contributed by atoms with Gasteiger partial charge in [-0.05, 0) is 26.7 Å². The number of esters is 1. The topological polar surface area (TPSA) is 48.4 Å². The Bertz CT molecular complexity index is 416. The average Bonchev–Trinajstić information content (AvgIpc) is 2.87. The number of rotatable bonds is 4. The molecule has 1 aliphatic rings. The Kier molecular flexibility index (Phi) is 3.79. The van der Waals surface area contributed by atoms with Crippen LogP contribution < -0.4 is 0 Å². The molecule has 2 atom stereocenters. The van der Waals surface area contributed by atoms with Gasteiger partial charge in [-0.25, -0.2) is 4.98 Å². The van der Waals surface area contributed by atoms with E-state index in [1.165, 1.54) is 4.88 Å². The number of nitrogens with zero attached hydrogens (tertiary/aromatic N) is 1. The summed E-state index contributed by atoms with van der Waals surface area (Å²) in [5.74, 6) is -0.313. The van der Waals surface area contributed by atoms with Crippen molar-refractivity contribution in [1.82, 2.24) is 4.98 Å². The molecule has 0 saturated carbocycles. The molecule has 0 aliphatic heterocycles. The summed E-state index contributed by atoms with van der Waals surface area (Å²) in [5, 5.41) is 0.950. The molecule has 0 N–H and O–H groups in total. The van der Waals surface area contributed by atoms with E-state index >= 15 is 0 Å². The summed E-state index contributed by atoms with van der Waals surface area (Å²) in [4.78, 5) is 17.5. The predicted octanol–water partition coefficient (Wildman–Crippen LogP) is 2.44. The maximum Gasteiger partial charge on any atom is 0.315 e. The molecule has 17 heavy (non-hydrogen) atoms. The summed E-state index contributed by atoms with van der Waals surface area (Å²) in [5.41, 5.74) is 0.910. The molecule has 0 spiro atoms. The Hall–Kier alpha value is -0.940. The first-order chi connectivity index (χ1) is 8.17. The maximum atomic E-state index is 11.8. The molecule has 1 heterocycles. The van der Waals surface area contributed by atoms with Crippen LogP contribution in [0.1, 0.15) is 47.9 Å². The van der Waals surface area contributed by atoms with E-state index in [0.717, 1.165) is 23.5 Å². The summed E-state index contributed by atoms with van der Waals surface area (Å²) >= 11 is 1.65. The monoisotopic (exact) mass is 255 g/mol. The largest absolute Gasteiger partial charge is 0.465 e. The van der Waals surface area contributed by atoms with Gasteiger partial charge >= 0.3 is 5.97 Å². The quantitative estimate of drug-likeness (QED) is 0.775.